The van der Waals surface area contributed by atoms with Crippen molar-refractivity contribution in [3.63, 3.8) is 0 Å². The van der Waals surface area contributed by atoms with Crippen molar-refractivity contribution in [2.24, 2.45) is 5.73 Å². The fourth-order valence-electron chi connectivity index (χ4n) is 2.99. The minimum Gasteiger partial charge on any atom is -0.463 e. The first-order valence-electron chi connectivity index (χ1n) is 6.92. The molecule has 0 saturated heterocycles. The predicted molar refractivity (Wildman–Crippen MR) is 83.1 cm³/mol. The summed E-state index contributed by atoms with van der Waals surface area (Å²) in [5, 5.41) is 0. The van der Waals surface area contributed by atoms with Gasteiger partial charge in [-0.1, -0.05) is 24.3 Å². The number of carbonyl (C=O) groups is 1. The van der Waals surface area contributed by atoms with E-state index in [1.165, 1.54) is 0 Å². The zero-order valence-corrected chi connectivity index (χ0v) is 11.7. The summed E-state index contributed by atoms with van der Waals surface area (Å²) in [6, 6.07) is 11.0. The molecule has 0 saturated carbocycles. The van der Waals surface area contributed by atoms with E-state index < -0.39 is 0 Å². The van der Waals surface area contributed by atoms with Crippen LogP contribution in [0.2, 0.25) is 0 Å². The molecule has 4 rings (SSSR count). The number of hydrogen-bond acceptors (Lipinski definition) is 5. The Morgan fingerprint density at radius 2 is 1.82 bits per heavy atom. The van der Waals surface area contributed by atoms with Gasteiger partial charge in [-0.3, -0.25) is 4.79 Å². The number of aromatic nitrogens is 1. The van der Waals surface area contributed by atoms with Gasteiger partial charge in [-0.2, -0.15) is 0 Å². The number of rotatable bonds is 2. The molecule has 0 aliphatic heterocycles. The number of benzene rings is 1. The maximum absolute atomic E-state index is 12.8. The molecule has 0 amide bonds. The van der Waals surface area contributed by atoms with E-state index in [2.05, 4.69) is 4.98 Å². The fraction of sp³-hybridized carbons (Fsp3) is 0.0588. The van der Waals surface area contributed by atoms with Gasteiger partial charge in [-0.15, -0.1) is 0 Å². The van der Waals surface area contributed by atoms with Crippen LogP contribution in [0.3, 0.4) is 0 Å². The minimum absolute atomic E-state index is 0.0702. The van der Waals surface area contributed by atoms with Gasteiger partial charge in [0, 0.05) is 23.2 Å². The number of anilines is 1. The molecule has 1 aliphatic rings. The number of nitrogen functional groups attached to an aromatic ring is 1. The van der Waals surface area contributed by atoms with Crippen LogP contribution in [0, 0.1) is 0 Å². The Kier molecular flexibility index (Phi) is 2.64. The first-order valence-corrected chi connectivity index (χ1v) is 6.92. The van der Waals surface area contributed by atoms with Gasteiger partial charge in [0.05, 0.1) is 11.8 Å². The summed E-state index contributed by atoms with van der Waals surface area (Å²) in [5.41, 5.74) is 15.9. The van der Waals surface area contributed by atoms with Crippen LogP contribution in [-0.2, 0) is 6.54 Å². The second kappa shape index (κ2) is 4.54. The van der Waals surface area contributed by atoms with Crippen LogP contribution in [0.1, 0.15) is 21.5 Å². The van der Waals surface area contributed by atoms with Crippen molar-refractivity contribution in [3.05, 3.63) is 59.4 Å². The summed E-state index contributed by atoms with van der Waals surface area (Å²) in [7, 11) is 0. The first kappa shape index (κ1) is 12.8. The van der Waals surface area contributed by atoms with E-state index in [0.717, 1.165) is 11.1 Å². The molecule has 5 heteroatoms. The number of ketones is 1. The number of carbonyl (C=O) groups excluding carboxylic acids is 1. The van der Waals surface area contributed by atoms with Crippen molar-refractivity contribution < 1.29 is 9.21 Å². The van der Waals surface area contributed by atoms with Crippen LogP contribution in [0.4, 0.5) is 5.82 Å². The molecular weight excluding hydrogens is 278 g/mol. The molecule has 3 aromatic rings. The Morgan fingerprint density at radius 1 is 1.05 bits per heavy atom. The van der Waals surface area contributed by atoms with Gasteiger partial charge in [0.25, 0.3) is 0 Å². The molecule has 4 N–H and O–H groups in total. The van der Waals surface area contributed by atoms with Crippen LogP contribution >= 0.6 is 0 Å². The topological polar surface area (TPSA) is 95.1 Å². The minimum atomic E-state index is -0.0702. The van der Waals surface area contributed by atoms with E-state index in [9.17, 15) is 4.79 Å². The van der Waals surface area contributed by atoms with Crippen LogP contribution in [-0.4, -0.2) is 10.8 Å². The second-order valence-corrected chi connectivity index (χ2v) is 5.13. The molecule has 0 bridgehead atoms. The lowest BCUT2D eigenvalue weighted by molar-refractivity contribution is 0.104. The van der Waals surface area contributed by atoms with Crippen LogP contribution in [0.5, 0.6) is 0 Å². The van der Waals surface area contributed by atoms with E-state index in [1.807, 2.05) is 18.2 Å². The standard InChI is InChI=1S/C17H13N3O2/c18-8-11-13-9-4-1-2-5-10(9)16(21)14(13)15(20-17(11)19)12-6-3-7-22-12/h1-7H,8,18H2,(H2,19,20). The van der Waals surface area contributed by atoms with E-state index in [4.69, 9.17) is 15.9 Å². The molecule has 0 fully saturated rings. The molecule has 0 unspecified atom stereocenters. The van der Waals surface area contributed by atoms with Gasteiger partial charge >= 0.3 is 0 Å². The second-order valence-electron chi connectivity index (χ2n) is 5.13. The Morgan fingerprint density at radius 3 is 2.50 bits per heavy atom. The summed E-state index contributed by atoms with van der Waals surface area (Å²) >= 11 is 0. The van der Waals surface area contributed by atoms with Gasteiger partial charge in [-0.05, 0) is 17.7 Å². The maximum atomic E-state index is 12.8. The van der Waals surface area contributed by atoms with Crippen molar-refractivity contribution in [1.29, 1.82) is 0 Å². The highest BCUT2D eigenvalue weighted by Gasteiger charge is 2.34. The van der Waals surface area contributed by atoms with E-state index >= 15 is 0 Å². The van der Waals surface area contributed by atoms with Crippen molar-refractivity contribution >= 4 is 11.6 Å². The lowest BCUT2D eigenvalue weighted by atomic mass is 9.98. The number of furan rings is 1. The number of pyridine rings is 1. The summed E-state index contributed by atoms with van der Waals surface area (Å²) in [6.07, 6.45) is 1.54. The average molecular weight is 291 g/mol. The summed E-state index contributed by atoms with van der Waals surface area (Å²) in [5.74, 6) is 0.782. The molecule has 5 nitrogen and oxygen atoms in total. The monoisotopic (exact) mass is 291 g/mol. The van der Waals surface area contributed by atoms with E-state index in [-0.39, 0.29) is 12.3 Å². The Balaban J connectivity index is 2.13. The number of nitrogens with two attached hydrogens (primary N) is 2. The molecule has 1 aliphatic carbocycles. The van der Waals surface area contributed by atoms with Crippen molar-refractivity contribution in [2.45, 2.75) is 6.54 Å². The van der Waals surface area contributed by atoms with Gasteiger partial charge in [0.15, 0.2) is 11.5 Å². The summed E-state index contributed by atoms with van der Waals surface area (Å²) < 4.78 is 5.42. The highest BCUT2D eigenvalue weighted by Crippen LogP contribution is 2.44. The zero-order valence-electron chi connectivity index (χ0n) is 11.7. The van der Waals surface area contributed by atoms with Crippen molar-refractivity contribution in [1.82, 2.24) is 4.98 Å². The molecule has 2 aromatic heterocycles. The van der Waals surface area contributed by atoms with Gasteiger partial charge in [-0.25, -0.2) is 4.98 Å². The third kappa shape index (κ3) is 1.57. The van der Waals surface area contributed by atoms with E-state index in [1.54, 1.807) is 24.5 Å². The molecule has 2 heterocycles. The Bertz CT molecular complexity index is 899. The average Bonchev–Trinajstić information content (AvgIpc) is 3.15. The van der Waals surface area contributed by atoms with Crippen molar-refractivity contribution in [2.75, 3.05) is 5.73 Å². The Labute approximate surface area is 126 Å². The van der Waals surface area contributed by atoms with Gasteiger partial charge in [0.1, 0.15) is 11.5 Å². The highest BCUT2D eigenvalue weighted by atomic mass is 16.3. The molecular formula is C17H13N3O2. The van der Waals surface area contributed by atoms with E-state index in [0.29, 0.717) is 34.0 Å². The highest BCUT2D eigenvalue weighted by molar-refractivity contribution is 6.25. The third-order valence-corrected chi connectivity index (χ3v) is 3.96. The van der Waals surface area contributed by atoms with Crippen LogP contribution in [0.25, 0.3) is 22.6 Å². The summed E-state index contributed by atoms with van der Waals surface area (Å²) in [6.45, 7) is 0.223. The molecule has 0 spiro atoms. The van der Waals surface area contributed by atoms with Crippen molar-refractivity contribution in [3.8, 4) is 22.6 Å². The predicted octanol–water partition coefficient (Wildman–Crippen LogP) is 2.59. The first-order chi connectivity index (χ1) is 10.7. The molecule has 1 aromatic carbocycles. The summed E-state index contributed by atoms with van der Waals surface area (Å²) in [4.78, 5) is 17.2. The number of fused-ring (bicyclic) bond motifs is 3. The molecule has 0 radical (unpaired) electrons. The Hall–Kier alpha value is -2.92. The fourth-order valence-corrected chi connectivity index (χ4v) is 2.99. The lowest BCUT2D eigenvalue weighted by Gasteiger charge is -2.12. The zero-order chi connectivity index (χ0) is 15.3. The third-order valence-electron chi connectivity index (χ3n) is 3.96. The lowest BCUT2D eigenvalue weighted by Crippen LogP contribution is -2.09. The van der Waals surface area contributed by atoms with Crippen LogP contribution < -0.4 is 11.5 Å². The van der Waals surface area contributed by atoms with Crippen LogP contribution in [0.15, 0.2) is 47.1 Å². The quantitative estimate of drug-likeness (QED) is 0.592. The number of nitrogens with zero attached hydrogens (tertiary/aromatic N) is 1. The van der Waals surface area contributed by atoms with Gasteiger partial charge < -0.3 is 15.9 Å². The largest absolute Gasteiger partial charge is 0.463 e. The van der Waals surface area contributed by atoms with Gasteiger partial charge in [0.2, 0.25) is 0 Å². The normalized spacial score (nSPS) is 12.3. The molecule has 0 atom stereocenters. The number of hydrogen-bond donors (Lipinski definition) is 2. The maximum Gasteiger partial charge on any atom is 0.196 e. The molecule has 22 heavy (non-hydrogen) atoms. The SMILES string of the molecule is NCc1c(N)nc(-c2ccco2)c2c1-c1ccccc1C2=O. The smallest absolute Gasteiger partial charge is 0.196 e. The molecule has 108 valence electrons.